The lowest BCUT2D eigenvalue weighted by molar-refractivity contribution is -0.377. The molecule has 3 saturated heterocycles. The summed E-state index contributed by atoms with van der Waals surface area (Å²) in [5.41, 5.74) is -3.59. The van der Waals surface area contributed by atoms with Crippen molar-refractivity contribution in [3.63, 3.8) is 0 Å². The second-order valence-corrected chi connectivity index (χ2v) is 11.2. The first kappa shape index (κ1) is 38.3. The van der Waals surface area contributed by atoms with Crippen LogP contribution in [0.15, 0.2) is 0 Å². The van der Waals surface area contributed by atoms with Crippen LogP contribution >= 0.6 is 0 Å². The van der Waals surface area contributed by atoms with Gasteiger partial charge in [-0.2, -0.15) is 0 Å². The number of aliphatic hydroxyl groups excluding tert-OH is 16. The average molecular weight is 667 g/mol. The van der Waals surface area contributed by atoms with Crippen molar-refractivity contribution in [1.82, 2.24) is 0 Å². The molecule has 0 aromatic carbocycles. The molecule has 0 spiro atoms. The number of hydrogen-bond donors (Lipinski definition) is 16. The second-order valence-electron chi connectivity index (χ2n) is 11.2. The van der Waals surface area contributed by atoms with Gasteiger partial charge in [0.2, 0.25) is 5.78 Å². The maximum absolute atomic E-state index is 14.3. The molecule has 21 nitrogen and oxygen atoms in total. The molecule has 3 rings (SSSR count). The Hall–Kier alpha value is -1.13. The third-order valence-corrected chi connectivity index (χ3v) is 8.35. The van der Waals surface area contributed by atoms with Gasteiger partial charge in [0.1, 0.15) is 104 Å². The van der Waals surface area contributed by atoms with E-state index in [2.05, 4.69) is 0 Å². The summed E-state index contributed by atoms with van der Waals surface area (Å²) >= 11 is 0. The first-order chi connectivity index (χ1) is 21.0. The summed E-state index contributed by atoms with van der Waals surface area (Å²) in [6, 6.07) is 0. The van der Waals surface area contributed by atoms with E-state index in [1.807, 2.05) is 0 Å². The van der Waals surface area contributed by atoms with Crippen molar-refractivity contribution in [2.75, 3.05) is 26.4 Å². The molecule has 16 N–H and O–H groups in total. The highest BCUT2D eigenvalue weighted by atomic mass is 16.7. The molecule has 0 bridgehead atoms. The van der Waals surface area contributed by atoms with Crippen molar-refractivity contribution in [3.8, 4) is 0 Å². The van der Waals surface area contributed by atoms with Crippen LogP contribution in [-0.4, -0.2) is 230 Å². The van der Waals surface area contributed by atoms with Gasteiger partial charge in [0.15, 0.2) is 11.9 Å². The van der Waals surface area contributed by atoms with Gasteiger partial charge in [-0.3, -0.25) is 4.79 Å². The Morgan fingerprint density at radius 2 is 0.956 bits per heavy atom. The lowest BCUT2D eigenvalue weighted by Crippen LogP contribution is -2.79. The molecule has 18 atom stereocenters. The summed E-state index contributed by atoms with van der Waals surface area (Å²) in [4.78, 5) is 14.3. The van der Waals surface area contributed by atoms with E-state index in [1.165, 1.54) is 0 Å². The minimum absolute atomic E-state index is 1.06. The van der Waals surface area contributed by atoms with Gasteiger partial charge in [0.25, 0.3) is 0 Å². The number of ether oxygens (including phenoxy) is 4. The Kier molecular flexibility index (Phi) is 13.1. The topological polar surface area (TPSA) is 378 Å². The fourth-order valence-corrected chi connectivity index (χ4v) is 5.61. The van der Waals surface area contributed by atoms with Crippen molar-refractivity contribution < 1.29 is 105 Å². The molecular formula is C24H42O21. The summed E-state index contributed by atoms with van der Waals surface area (Å²) in [7, 11) is 0. The van der Waals surface area contributed by atoms with Gasteiger partial charge in [-0.25, -0.2) is 0 Å². The monoisotopic (exact) mass is 666 g/mol. The van der Waals surface area contributed by atoms with Gasteiger partial charge < -0.3 is 101 Å². The first-order valence-electron chi connectivity index (χ1n) is 13.8. The molecule has 3 unspecified atom stereocenters. The van der Waals surface area contributed by atoms with Gasteiger partial charge in [-0.05, 0) is 0 Å². The Morgan fingerprint density at radius 1 is 0.578 bits per heavy atom. The maximum atomic E-state index is 14.3. The molecule has 45 heavy (non-hydrogen) atoms. The van der Waals surface area contributed by atoms with E-state index >= 15 is 0 Å². The predicted octanol–water partition coefficient (Wildman–Crippen LogP) is -11.1. The van der Waals surface area contributed by atoms with Crippen LogP contribution in [-0.2, 0) is 23.7 Å². The van der Waals surface area contributed by atoms with Crippen molar-refractivity contribution >= 4 is 5.78 Å². The van der Waals surface area contributed by atoms with Crippen LogP contribution in [0.25, 0.3) is 0 Å². The number of carbonyl (C=O) groups is 1. The normalized spacial score (nSPS) is 46.2. The summed E-state index contributed by atoms with van der Waals surface area (Å²) in [6.07, 6.45) is -41.7. The molecule has 264 valence electrons. The van der Waals surface area contributed by atoms with Crippen LogP contribution in [0.3, 0.4) is 0 Å². The highest BCUT2D eigenvalue weighted by molar-refractivity contribution is 5.93. The maximum Gasteiger partial charge on any atom is 0.201 e. The predicted molar refractivity (Wildman–Crippen MR) is 135 cm³/mol. The number of Topliss-reactive ketones (excluding diaryl/α,β-unsaturated/α-hetero) is 1. The largest absolute Gasteiger partial charge is 0.394 e. The number of rotatable bonds is 12. The summed E-state index contributed by atoms with van der Waals surface area (Å²) in [5.74, 6) is -1.99. The highest BCUT2D eigenvalue weighted by Crippen LogP contribution is 2.43. The Labute approximate surface area is 253 Å². The molecule has 21 heteroatoms. The summed E-state index contributed by atoms with van der Waals surface area (Å²) < 4.78 is 22.0. The number of ketones is 1. The van der Waals surface area contributed by atoms with Crippen molar-refractivity contribution in [1.29, 1.82) is 0 Å². The van der Waals surface area contributed by atoms with E-state index in [-0.39, 0.29) is 0 Å². The Morgan fingerprint density at radius 3 is 1.33 bits per heavy atom. The smallest absolute Gasteiger partial charge is 0.201 e. The Bertz CT molecular complexity index is 916. The SMILES string of the molecule is O=C([C@@H](O)[C@H](O)[C@H](O)CO)C(OC1O[C@H](CO)[C@@H](O)[C@H](O)[C@H]1O)(C1O[C@H](CO)[C@H](O)[C@H](O)[C@H]1O)C1O[C@H](CO)[C@H](O)[C@H](O)[C@H]1O. The summed E-state index contributed by atoms with van der Waals surface area (Å²) in [6.45, 7) is -4.61. The molecular weight excluding hydrogens is 624 g/mol. The van der Waals surface area contributed by atoms with Gasteiger partial charge in [-0.1, -0.05) is 0 Å². The average Bonchev–Trinajstić information content (AvgIpc) is 3.04. The van der Waals surface area contributed by atoms with Gasteiger partial charge in [0, 0.05) is 0 Å². The quantitative estimate of drug-likeness (QED) is 0.0918. The van der Waals surface area contributed by atoms with Crippen LogP contribution in [0, 0.1) is 0 Å². The molecule has 3 aliphatic rings. The summed E-state index contributed by atoms with van der Waals surface area (Å²) in [5, 5.41) is 165. The minimum atomic E-state index is -3.59. The molecule has 3 aliphatic heterocycles. The fraction of sp³-hybridized carbons (Fsp3) is 0.958. The third-order valence-electron chi connectivity index (χ3n) is 8.35. The van der Waals surface area contributed by atoms with Crippen LogP contribution in [0.2, 0.25) is 0 Å². The van der Waals surface area contributed by atoms with Crippen molar-refractivity contribution in [2.45, 2.75) is 116 Å². The van der Waals surface area contributed by atoms with E-state index in [9.17, 15) is 86.5 Å². The lowest BCUT2D eigenvalue weighted by Gasteiger charge is -2.55. The van der Waals surface area contributed by atoms with Gasteiger partial charge in [0.05, 0.1) is 26.4 Å². The van der Waals surface area contributed by atoms with Crippen LogP contribution in [0.1, 0.15) is 0 Å². The second kappa shape index (κ2) is 15.4. The highest BCUT2D eigenvalue weighted by Gasteiger charge is 2.68. The lowest BCUT2D eigenvalue weighted by atomic mass is 9.72. The van der Waals surface area contributed by atoms with Gasteiger partial charge in [-0.15, -0.1) is 0 Å². The van der Waals surface area contributed by atoms with E-state index in [4.69, 9.17) is 18.9 Å². The molecule has 0 radical (unpaired) electrons. The standard InChI is InChI=1S/C24H42O21/c25-1-5(29)9(30)16(37)20(41)24(21-17(38)13(34)10(31)6(2-26)42-21,22-18(39)14(35)11(32)7(3-27)43-22)45-23-19(40)15(36)12(33)8(4-28)44-23/h5-19,21-23,25-40H,1-4H2/t5-,6-,7-,8-,9-,10+,11+,12-,13+,14+,15+,16+,17-,18-,19-,21?,22?,23?,24?/m1/s1. The van der Waals surface area contributed by atoms with Crippen LogP contribution in [0.4, 0.5) is 0 Å². The van der Waals surface area contributed by atoms with E-state index < -0.39 is 148 Å². The van der Waals surface area contributed by atoms with Crippen molar-refractivity contribution in [2.24, 2.45) is 0 Å². The van der Waals surface area contributed by atoms with Crippen LogP contribution < -0.4 is 0 Å². The Balaban J connectivity index is 2.34. The van der Waals surface area contributed by atoms with E-state index in [1.54, 1.807) is 0 Å². The third kappa shape index (κ3) is 6.90. The number of aliphatic hydroxyl groups is 16. The molecule has 0 amide bonds. The minimum Gasteiger partial charge on any atom is -0.394 e. The zero-order valence-corrected chi connectivity index (χ0v) is 23.4. The first-order valence-corrected chi connectivity index (χ1v) is 13.8. The van der Waals surface area contributed by atoms with E-state index in [0.717, 1.165) is 0 Å². The van der Waals surface area contributed by atoms with Crippen LogP contribution in [0.5, 0.6) is 0 Å². The number of hydrogen-bond acceptors (Lipinski definition) is 21. The molecule has 0 aliphatic carbocycles. The molecule has 0 saturated carbocycles. The zero-order valence-electron chi connectivity index (χ0n) is 23.4. The van der Waals surface area contributed by atoms with Gasteiger partial charge >= 0.3 is 0 Å². The zero-order chi connectivity index (χ0) is 34.1. The number of carbonyl (C=O) groups excluding carboxylic acids is 1. The van der Waals surface area contributed by atoms with E-state index in [0.29, 0.717) is 0 Å². The fourth-order valence-electron chi connectivity index (χ4n) is 5.61. The van der Waals surface area contributed by atoms with Crippen molar-refractivity contribution in [3.05, 3.63) is 0 Å². The molecule has 0 aromatic heterocycles. The molecule has 0 aromatic rings. The molecule has 3 heterocycles. The molecule has 3 fully saturated rings.